The molecule has 2 amide bonds. The van der Waals surface area contributed by atoms with Crippen molar-refractivity contribution in [2.75, 3.05) is 33.2 Å². The molecule has 1 atom stereocenters. The number of nitrogens with one attached hydrogen (secondary N) is 2. The van der Waals surface area contributed by atoms with Crippen LogP contribution in [0.15, 0.2) is 0 Å². The van der Waals surface area contributed by atoms with Gasteiger partial charge in [-0.2, -0.15) is 0 Å². The molecule has 0 bridgehead atoms. The van der Waals surface area contributed by atoms with E-state index >= 15 is 0 Å². The number of nitrogens with zero attached hydrogens (tertiary/aromatic N) is 1. The lowest BCUT2D eigenvalue weighted by Gasteiger charge is -2.32. The summed E-state index contributed by atoms with van der Waals surface area (Å²) in [5, 5.41) is 5.97. The smallest absolute Gasteiger partial charge is 0.224 e. The predicted molar refractivity (Wildman–Crippen MR) is 83.0 cm³/mol. The standard InChI is InChI=1S/C14H27N3O2.ClH/c1-3-8-16-14(19)12-6-5-10-17(11-12)13(18)7-4-9-15-2;/h12,15H,3-11H2,1-2H3,(H,16,19);1H. The summed E-state index contributed by atoms with van der Waals surface area (Å²) in [6.45, 7) is 5.02. The van der Waals surface area contributed by atoms with Crippen molar-refractivity contribution in [3.63, 3.8) is 0 Å². The number of likely N-dealkylation sites (tertiary alicyclic amines) is 1. The Hall–Kier alpha value is -0.810. The lowest BCUT2D eigenvalue weighted by atomic mass is 9.96. The molecule has 0 saturated carbocycles. The third kappa shape index (κ3) is 6.57. The molecule has 20 heavy (non-hydrogen) atoms. The molecule has 0 aromatic carbocycles. The summed E-state index contributed by atoms with van der Waals surface area (Å²) in [6, 6.07) is 0. The van der Waals surface area contributed by atoms with Gasteiger partial charge in [0.15, 0.2) is 0 Å². The van der Waals surface area contributed by atoms with Gasteiger partial charge >= 0.3 is 0 Å². The number of rotatable bonds is 7. The second kappa shape index (κ2) is 10.9. The van der Waals surface area contributed by atoms with Gasteiger partial charge in [-0.25, -0.2) is 0 Å². The minimum atomic E-state index is -0.0199. The summed E-state index contributed by atoms with van der Waals surface area (Å²) in [7, 11) is 1.89. The molecule has 0 aromatic heterocycles. The second-order valence-electron chi connectivity index (χ2n) is 5.18. The highest BCUT2D eigenvalue weighted by Crippen LogP contribution is 2.17. The molecule has 0 spiro atoms. The normalized spacial score (nSPS) is 18.3. The Morgan fingerprint density at radius 1 is 1.30 bits per heavy atom. The third-order valence-electron chi connectivity index (χ3n) is 3.51. The largest absolute Gasteiger partial charge is 0.356 e. The van der Waals surface area contributed by atoms with E-state index in [1.807, 2.05) is 18.9 Å². The van der Waals surface area contributed by atoms with Crippen LogP contribution in [0, 0.1) is 5.92 Å². The maximum absolute atomic E-state index is 12.0. The van der Waals surface area contributed by atoms with Crippen molar-refractivity contribution < 1.29 is 9.59 Å². The lowest BCUT2D eigenvalue weighted by Crippen LogP contribution is -2.45. The summed E-state index contributed by atoms with van der Waals surface area (Å²) < 4.78 is 0. The van der Waals surface area contributed by atoms with Crippen LogP contribution in [0.3, 0.4) is 0 Å². The quantitative estimate of drug-likeness (QED) is 0.694. The van der Waals surface area contributed by atoms with Crippen molar-refractivity contribution in [3.8, 4) is 0 Å². The second-order valence-corrected chi connectivity index (χ2v) is 5.18. The average molecular weight is 306 g/mol. The topological polar surface area (TPSA) is 61.4 Å². The molecule has 2 N–H and O–H groups in total. The minimum absolute atomic E-state index is 0. The molecule has 1 aliphatic heterocycles. The van der Waals surface area contributed by atoms with Gasteiger partial charge in [0.2, 0.25) is 11.8 Å². The predicted octanol–water partition coefficient (Wildman–Crippen LogP) is 1.17. The first-order valence-electron chi connectivity index (χ1n) is 7.39. The number of carbonyl (C=O) groups is 2. The Labute approximate surface area is 128 Å². The highest BCUT2D eigenvalue weighted by atomic mass is 35.5. The number of hydrogen-bond donors (Lipinski definition) is 2. The Bertz CT molecular complexity index is 300. The molecule has 0 aliphatic carbocycles. The summed E-state index contributed by atoms with van der Waals surface area (Å²) in [4.78, 5) is 25.8. The van der Waals surface area contributed by atoms with E-state index in [0.717, 1.165) is 45.3 Å². The first kappa shape index (κ1) is 19.2. The van der Waals surface area contributed by atoms with E-state index in [0.29, 0.717) is 13.0 Å². The molecule has 5 nitrogen and oxygen atoms in total. The van der Waals surface area contributed by atoms with Crippen LogP contribution < -0.4 is 10.6 Å². The van der Waals surface area contributed by atoms with Crippen LogP contribution in [-0.2, 0) is 9.59 Å². The van der Waals surface area contributed by atoms with Crippen molar-refractivity contribution in [3.05, 3.63) is 0 Å². The molecule has 0 aromatic rings. The van der Waals surface area contributed by atoms with Crippen LogP contribution in [-0.4, -0.2) is 49.9 Å². The van der Waals surface area contributed by atoms with E-state index in [2.05, 4.69) is 10.6 Å². The first-order valence-corrected chi connectivity index (χ1v) is 7.39. The fraction of sp³-hybridized carbons (Fsp3) is 0.857. The monoisotopic (exact) mass is 305 g/mol. The van der Waals surface area contributed by atoms with Crippen molar-refractivity contribution in [1.29, 1.82) is 0 Å². The number of amides is 2. The Kier molecular flexibility index (Phi) is 10.5. The average Bonchev–Trinajstić information content (AvgIpc) is 2.45. The van der Waals surface area contributed by atoms with Crippen LogP contribution in [0.5, 0.6) is 0 Å². The summed E-state index contributed by atoms with van der Waals surface area (Å²) in [5.74, 6) is 0.270. The Morgan fingerprint density at radius 3 is 2.70 bits per heavy atom. The molecule has 1 fully saturated rings. The van der Waals surface area contributed by atoms with Gasteiger partial charge in [-0.3, -0.25) is 9.59 Å². The maximum atomic E-state index is 12.0. The van der Waals surface area contributed by atoms with Gasteiger partial charge in [0.1, 0.15) is 0 Å². The van der Waals surface area contributed by atoms with E-state index in [9.17, 15) is 9.59 Å². The molecule has 1 unspecified atom stereocenters. The van der Waals surface area contributed by atoms with Crippen LogP contribution >= 0.6 is 12.4 Å². The van der Waals surface area contributed by atoms with Gasteiger partial charge in [0, 0.05) is 26.1 Å². The van der Waals surface area contributed by atoms with Crippen molar-refractivity contribution in [2.24, 2.45) is 5.92 Å². The fourth-order valence-corrected chi connectivity index (χ4v) is 2.38. The van der Waals surface area contributed by atoms with Gasteiger partial charge in [0.05, 0.1) is 5.92 Å². The minimum Gasteiger partial charge on any atom is -0.356 e. The van der Waals surface area contributed by atoms with Crippen LogP contribution in [0.2, 0.25) is 0 Å². The van der Waals surface area contributed by atoms with Crippen LogP contribution in [0.1, 0.15) is 39.0 Å². The number of piperidine rings is 1. The summed E-state index contributed by atoms with van der Waals surface area (Å²) >= 11 is 0. The highest BCUT2D eigenvalue weighted by Gasteiger charge is 2.27. The molecule has 1 heterocycles. The molecular weight excluding hydrogens is 278 g/mol. The summed E-state index contributed by atoms with van der Waals surface area (Å²) in [6.07, 6.45) is 4.21. The molecule has 6 heteroatoms. The molecular formula is C14H28ClN3O2. The van der Waals surface area contributed by atoms with E-state index in [4.69, 9.17) is 0 Å². The van der Waals surface area contributed by atoms with Gasteiger partial charge < -0.3 is 15.5 Å². The third-order valence-corrected chi connectivity index (χ3v) is 3.51. The Balaban J connectivity index is 0.00000361. The molecule has 1 rings (SSSR count). The highest BCUT2D eigenvalue weighted by molar-refractivity contribution is 5.85. The number of halogens is 1. The zero-order valence-corrected chi connectivity index (χ0v) is 13.4. The van der Waals surface area contributed by atoms with Gasteiger partial charge in [-0.05, 0) is 39.3 Å². The van der Waals surface area contributed by atoms with Crippen LogP contribution in [0.25, 0.3) is 0 Å². The van der Waals surface area contributed by atoms with E-state index in [1.165, 1.54) is 0 Å². The van der Waals surface area contributed by atoms with E-state index in [-0.39, 0.29) is 30.1 Å². The molecule has 0 radical (unpaired) electrons. The van der Waals surface area contributed by atoms with E-state index in [1.54, 1.807) is 0 Å². The number of carbonyl (C=O) groups excluding carboxylic acids is 2. The zero-order chi connectivity index (χ0) is 14.1. The first-order chi connectivity index (χ1) is 9.19. The SMILES string of the molecule is CCCNC(=O)C1CCCN(C(=O)CCCNC)C1.Cl. The maximum Gasteiger partial charge on any atom is 0.224 e. The Morgan fingerprint density at radius 2 is 2.05 bits per heavy atom. The molecule has 1 aliphatic rings. The lowest BCUT2D eigenvalue weighted by molar-refractivity contribution is -0.135. The van der Waals surface area contributed by atoms with Gasteiger partial charge in [-0.15, -0.1) is 12.4 Å². The van der Waals surface area contributed by atoms with Gasteiger partial charge in [-0.1, -0.05) is 6.92 Å². The van der Waals surface area contributed by atoms with Crippen LogP contribution in [0.4, 0.5) is 0 Å². The van der Waals surface area contributed by atoms with Gasteiger partial charge in [0.25, 0.3) is 0 Å². The number of hydrogen-bond acceptors (Lipinski definition) is 3. The summed E-state index contributed by atoms with van der Waals surface area (Å²) in [5.41, 5.74) is 0. The molecule has 1 saturated heterocycles. The fourth-order valence-electron chi connectivity index (χ4n) is 2.38. The van der Waals surface area contributed by atoms with Crippen molar-refractivity contribution in [1.82, 2.24) is 15.5 Å². The zero-order valence-electron chi connectivity index (χ0n) is 12.6. The molecule has 118 valence electrons. The van der Waals surface area contributed by atoms with E-state index < -0.39 is 0 Å². The van der Waals surface area contributed by atoms with Crippen molar-refractivity contribution in [2.45, 2.75) is 39.0 Å². The van der Waals surface area contributed by atoms with Crippen molar-refractivity contribution >= 4 is 24.2 Å².